The molecule has 0 spiro atoms. The second kappa shape index (κ2) is 9.02. The maximum atomic E-state index is 13.6. The van der Waals surface area contributed by atoms with E-state index in [9.17, 15) is 9.59 Å². The van der Waals surface area contributed by atoms with E-state index in [4.69, 9.17) is 4.74 Å². The molecule has 4 heterocycles. The maximum Gasteiger partial charge on any atom is 0.333 e. The number of ether oxygens (including phenoxy) is 1. The highest BCUT2D eigenvalue weighted by molar-refractivity contribution is 5.92. The molecule has 0 saturated carbocycles. The second-order valence-electron chi connectivity index (χ2n) is 9.56. The molecule has 9 nitrogen and oxygen atoms in total. The number of nitrogens with zero attached hydrogens (tertiary/aromatic N) is 5. The van der Waals surface area contributed by atoms with Crippen molar-refractivity contribution in [1.29, 1.82) is 0 Å². The lowest BCUT2D eigenvalue weighted by Gasteiger charge is -2.14. The number of rotatable bonds is 4. The number of aromatic nitrogens is 6. The first-order chi connectivity index (χ1) is 19.5. The first-order valence-electron chi connectivity index (χ1n) is 12.6. The number of pyridine rings is 2. The lowest BCUT2D eigenvalue weighted by atomic mass is 9.94. The van der Waals surface area contributed by atoms with Gasteiger partial charge in [0.2, 0.25) is 0 Å². The van der Waals surface area contributed by atoms with Crippen molar-refractivity contribution in [3.8, 4) is 33.7 Å². The van der Waals surface area contributed by atoms with Gasteiger partial charge in [-0.1, -0.05) is 36.4 Å². The molecule has 0 amide bonds. The summed E-state index contributed by atoms with van der Waals surface area (Å²) in [5, 5.41) is 6.31. The molecule has 0 unspecified atom stereocenters. The third-order valence-electron chi connectivity index (χ3n) is 7.19. The van der Waals surface area contributed by atoms with Crippen LogP contribution in [0.5, 0.6) is 5.75 Å². The highest BCUT2D eigenvalue weighted by Crippen LogP contribution is 2.36. The number of nitrogens with one attached hydrogen (secondary N) is 1. The molecule has 7 rings (SSSR count). The summed E-state index contributed by atoms with van der Waals surface area (Å²) >= 11 is 0. The van der Waals surface area contributed by atoms with Crippen LogP contribution in [0.1, 0.15) is 5.56 Å². The van der Waals surface area contributed by atoms with E-state index in [1.54, 1.807) is 23.9 Å². The summed E-state index contributed by atoms with van der Waals surface area (Å²) < 4.78 is 8.42. The highest BCUT2D eigenvalue weighted by atomic mass is 16.5. The van der Waals surface area contributed by atoms with Crippen LogP contribution in [0, 0.1) is 6.92 Å². The van der Waals surface area contributed by atoms with Gasteiger partial charge in [0.05, 0.1) is 29.9 Å². The molecule has 194 valence electrons. The van der Waals surface area contributed by atoms with Crippen molar-refractivity contribution in [3.63, 3.8) is 0 Å². The molecule has 0 aliphatic carbocycles. The Morgan fingerprint density at radius 3 is 2.62 bits per heavy atom. The molecule has 4 aromatic heterocycles. The maximum absolute atomic E-state index is 13.6. The van der Waals surface area contributed by atoms with Gasteiger partial charge in [-0.2, -0.15) is 5.10 Å². The Bertz CT molecular complexity index is 2220. The van der Waals surface area contributed by atoms with Crippen molar-refractivity contribution < 1.29 is 4.74 Å². The fourth-order valence-corrected chi connectivity index (χ4v) is 5.26. The molecule has 0 fully saturated rings. The summed E-state index contributed by atoms with van der Waals surface area (Å²) in [5.74, 6) is 0.685. The Morgan fingerprint density at radius 2 is 1.75 bits per heavy atom. The summed E-state index contributed by atoms with van der Waals surface area (Å²) in [6.07, 6.45) is 6.71. The van der Waals surface area contributed by atoms with E-state index in [1.807, 2.05) is 67.7 Å². The number of aryl methyl sites for hydroxylation is 1. The summed E-state index contributed by atoms with van der Waals surface area (Å²) in [6.45, 7) is 1.99. The number of H-pyrrole nitrogens is 1. The van der Waals surface area contributed by atoms with Crippen LogP contribution >= 0.6 is 0 Å². The summed E-state index contributed by atoms with van der Waals surface area (Å²) in [7, 11) is 1.62. The van der Waals surface area contributed by atoms with E-state index in [1.165, 1.54) is 12.5 Å². The van der Waals surface area contributed by atoms with E-state index in [0.717, 1.165) is 48.8 Å². The van der Waals surface area contributed by atoms with Gasteiger partial charge in [-0.05, 0) is 59.5 Å². The minimum atomic E-state index is -0.536. The van der Waals surface area contributed by atoms with Crippen LogP contribution in [0.4, 0.5) is 0 Å². The molecule has 0 aliphatic heterocycles. The Morgan fingerprint density at radius 1 is 0.875 bits per heavy atom. The fourth-order valence-electron chi connectivity index (χ4n) is 5.26. The van der Waals surface area contributed by atoms with E-state index < -0.39 is 11.2 Å². The van der Waals surface area contributed by atoms with Crippen LogP contribution in [-0.4, -0.2) is 36.2 Å². The van der Waals surface area contributed by atoms with Crippen molar-refractivity contribution in [3.05, 3.63) is 118 Å². The zero-order valence-electron chi connectivity index (χ0n) is 21.6. The summed E-state index contributed by atoms with van der Waals surface area (Å²) in [4.78, 5) is 38.4. The smallest absolute Gasteiger partial charge is 0.333 e. The highest BCUT2D eigenvalue weighted by Gasteiger charge is 2.16. The van der Waals surface area contributed by atoms with E-state index in [-0.39, 0.29) is 0 Å². The quantitative estimate of drug-likeness (QED) is 0.349. The van der Waals surface area contributed by atoms with Gasteiger partial charge in [0, 0.05) is 28.7 Å². The normalized spacial score (nSPS) is 11.4. The molecule has 0 atom stereocenters. The predicted octanol–water partition coefficient (Wildman–Crippen LogP) is 4.92. The Hall–Kier alpha value is -5.57. The minimum Gasteiger partial charge on any atom is -0.497 e. The molecule has 0 saturated heterocycles. The molecule has 3 aromatic carbocycles. The van der Waals surface area contributed by atoms with Crippen LogP contribution in [-0.2, 0) is 0 Å². The molecule has 9 heteroatoms. The molecule has 1 N–H and O–H groups in total. The third kappa shape index (κ3) is 3.67. The topological polar surface area (TPSA) is 107 Å². The predicted molar refractivity (Wildman–Crippen MR) is 154 cm³/mol. The Labute approximate surface area is 227 Å². The number of hydrogen-bond donors (Lipinski definition) is 1. The number of benzene rings is 3. The van der Waals surface area contributed by atoms with Gasteiger partial charge in [-0.15, -0.1) is 0 Å². The molecule has 0 aliphatic rings. The largest absolute Gasteiger partial charge is 0.497 e. The van der Waals surface area contributed by atoms with Gasteiger partial charge in [0.15, 0.2) is 5.65 Å². The van der Waals surface area contributed by atoms with E-state index in [2.05, 4.69) is 26.1 Å². The molecular weight excluding hydrogens is 504 g/mol. The van der Waals surface area contributed by atoms with Gasteiger partial charge in [0.25, 0.3) is 5.56 Å². The Balaban J connectivity index is 1.43. The van der Waals surface area contributed by atoms with Crippen LogP contribution in [0.2, 0.25) is 0 Å². The minimum absolute atomic E-state index is 0.389. The van der Waals surface area contributed by atoms with Crippen molar-refractivity contribution in [1.82, 2.24) is 29.1 Å². The van der Waals surface area contributed by atoms with E-state index >= 15 is 0 Å². The van der Waals surface area contributed by atoms with Crippen LogP contribution in [0.25, 0.3) is 55.3 Å². The van der Waals surface area contributed by atoms with E-state index in [0.29, 0.717) is 22.3 Å². The lowest BCUT2D eigenvalue weighted by molar-refractivity contribution is 0.415. The summed E-state index contributed by atoms with van der Waals surface area (Å²) in [6, 6.07) is 20.9. The monoisotopic (exact) mass is 526 g/mol. The summed E-state index contributed by atoms with van der Waals surface area (Å²) in [5.41, 5.74) is 5.29. The van der Waals surface area contributed by atoms with Crippen LogP contribution in [0.15, 0.2) is 101 Å². The standard InChI is InChI=1S/C31H22N6O3/c1-18-11-21(16-36-29(18)33-17-34-36)23-10-8-22(40-2)13-26(23)19-7-9-25-27(12-19)35-31(39)37(30(25)38)28-15-32-14-20-5-3-4-6-24(20)28/h3-17H,1-2H3,(H,35,39). The Kier molecular flexibility index (Phi) is 5.31. The van der Waals surface area contributed by atoms with Crippen LogP contribution < -0.4 is 16.0 Å². The molecule has 0 radical (unpaired) electrons. The first-order valence-corrected chi connectivity index (χ1v) is 12.6. The first kappa shape index (κ1) is 23.5. The zero-order valence-corrected chi connectivity index (χ0v) is 21.6. The number of fused-ring (bicyclic) bond motifs is 3. The van der Waals surface area contributed by atoms with Gasteiger partial charge in [-0.3, -0.25) is 9.78 Å². The molecule has 0 bridgehead atoms. The zero-order chi connectivity index (χ0) is 27.4. The van der Waals surface area contributed by atoms with Crippen molar-refractivity contribution in [2.75, 3.05) is 7.11 Å². The second-order valence-corrected chi connectivity index (χ2v) is 9.56. The molecular formula is C31H22N6O3. The number of aromatic amines is 1. The average molecular weight is 527 g/mol. The molecule has 40 heavy (non-hydrogen) atoms. The number of methoxy groups -OCH3 is 1. The lowest BCUT2D eigenvalue weighted by Crippen LogP contribution is -2.33. The molecule has 7 aromatic rings. The van der Waals surface area contributed by atoms with Gasteiger partial charge < -0.3 is 9.72 Å². The average Bonchev–Trinajstić information content (AvgIpc) is 3.46. The number of hydrogen-bond acceptors (Lipinski definition) is 6. The fraction of sp³-hybridized carbons (Fsp3) is 0.0645. The third-order valence-corrected chi connectivity index (χ3v) is 7.19. The SMILES string of the molecule is COc1ccc(-c2cc(C)c3ncnn3c2)c(-c2ccc3c(=O)n(-c4cncc5ccccc45)c(=O)[nH]c3c2)c1. The van der Waals surface area contributed by atoms with Gasteiger partial charge >= 0.3 is 5.69 Å². The van der Waals surface area contributed by atoms with Crippen LogP contribution in [0.3, 0.4) is 0 Å². The van der Waals surface area contributed by atoms with Crippen molar-refractivity contribution in [2.24, 2.45) is 0 Å². The van der Waals surface area contributed by atoms with Gasteiger partial charge in [0.1, 0.15) is 12.1 Å². The van der Waals surface area contributed by atoms with Gasteiger partial charge in [-0.25, -0.2) is 18.9 Å². The van der Waals surface area contributed by atoms with Crippen molar-refractivity contribution >= 4 is 27.3 Å². The van der Waals surface area contributed by atoms with Crippen molar-refractivity contribution in [2.45, 2.75) is 6.92 Å².